The molecule has 1 aromatic rings. The monoisotopic (exact) mass is 298 g/mol. The number of halogens is 5. The lowest BCUT2D eigenvalue weighted by atomic mass is 10.0. The highest BCUT2D eigenvalue weighted by Crippen LogP contribution is 2.35. The van der Waals surface area contributed by atoms with Crippen molar-refractivity contribution in [3.63, 3.8) is 0 Å². The number of rotatable bonds is 5. The summed E-state index contributed by atoms with van der Waals surface area (Å²) in [5.41, 5.74) is -0.732. The second-order valence-electron chi connectivity index (χ2n) is 3.76. The molecule has 1 rings (SSSR count). The van der Waals surface area contributed by atoms with Crippen LogP contribution in [0.2, 0.25) is 5.02 Å². The van der Waals surface area contributed by atoms with Gasteiger partial charge in [0.25, 0.3) is 0 Å². The minimum Gasteiger partial charge on any atom is -0.294 e. The SMILES string of the molecule is O=C(CCCCCl)c1ccc(C(F)(F)F)c(Cl)c1. The van der Waals surface area contributed by atoms with E-state index in [1.807, 2.05) is 0 Å². The average Bonchev–Trinajstić information content (AvgIpc) is 2.27. The minimum atomic E-state index is -4.50. The topological polar surface area (TPSA) is 17.1 Å². The van der Waals surface area contributed by atoms with Crippen molar-refractivity contribution >= 4 is 29.0 Å². The minimum absolute atomic E-state index is 0.197. The second-order valence-corrected chi connectivity index (χ2v) is 4.55. The lowest BCUT2D eigenvalue weighted by Crippen LogP contribution is -2.07. The fourth-order valence-corrected chi connectivity index (χ4v) is 1.92. The fourth-order valence-electron chi connectivity index (χ4n) is 1.44. The molecule has 0 unspecified atom stereocenters. The molecular weight excluding hydrogens is 288 g/mol. The Morgan fingerprint density at radius 1 is 1.22 bits per heavy atom. The number of alkyl halides is 4. The predicted octanol–water partition coefficient (Wildman–Crippen LogP) is 4.95. The summed E-state index contributed by atoms with van der Waals surface area (Å²) >= 11 is 11.0. The summed E-state index contributed by atoms with van der Waals surface area (Å²) in [4.78, 5) is 11.6. The Morgan fingerprint density at radius 2 is 1.89 bits per heavy atom. The van der Waals surface area contributed by atoms with E-state index in [0.717, 1.165) is 18.2 Å². The summed E-state index contributed by atoms with van der Waals surface area (Å²) in [6.07, 6.45) is -2.94. The highest BCUT2D eigenvalue weighted by atomic mass is 35.5. The van der Waals surface area contributed by atoms with Gasteiger partial charge in [0.15, 0.2) is 5.78 Å². The number of Topliss-reactive ketones (excluding diaryl/α,β-unsaturated/α-hetero) is 1. The number of carbonyl (C=O) groups is 1. The van der Waals surface area contributed by atoms with Crippen LogP contribution in [0.5, 0.6) is 0 Å². The molecule has 0 fully saturated rings. The summed E-state index contributed by atoms with van der Waals surface area (Å²) in [6, 6.07) is 3.04. The lowest BCUT2D eigenvalue weighted by molar-refractivity contribution is -0.137. The molecule has 0 atom stereocenters. The van der Waals surface area contributed by atoms with Gasteiger partial charge in [-0.05, 0) is 25.0 Å². The van der Waals surface area contributed by atoms with Crippen LogP contribution < -0.4 is 0 Å². The second kappa shape index (κ2) is 6.43. The molecular formula is C12H11Cl2F3O. The molecule has 0 heterocycles. The third-order valence-electron chi connectivity index (χ3n) is 2.38. The van der Waals surface area contributed by atoms with E-state index in [-0.39, 0.29) is 17.8 Å². The Morgan fingerprint density at radius 3 is 2.39 bits per heavy atom. The van der Waals surface area contributed by atoms with Gasteiger partial charge in [-0.15, -0.1) is 11.6 Å². The highest BCUT2D eigenvalue weighted by Gasteiger charge is 2.33. The van der Waals surface area contributed by atoms with Gasteiger partial charge in [-0.3, -0.25) is 4.79 Å². The normalized spacial score (nSPS) is 11.6. The maximum absolute atomic E-state index is 12.4. The first-order valence-electron chi connectivity index (χ1n) is 5.32. The van der Waals surface area contributed by atoms with Gasteiger partial charge >= 0.3 is 6.18 Å². The van der Waals surface area contributed by atoms with Gasteiger partial charge in [-0.2, -0.15) is 13.2 Å². The molecule has 0 saturated heterocycles. The number of benzene rings is 1. The van der Waals surface area contributed by atoms with Gasteiger partial charge in [-0.1, -0.05) is 17.7 Å². The van der Waals surface area contributed by atoms with E-state index >= 15 is 0 Å². The zero-order valence-corrected chi connectivity index (χ0v) is 10.9. The highest BCUT2D eigenvalue weighted by molar-refractivity contribution is 6.31. The average molecular weight is 299 g/mol. The molecule has 100 valence electrons. The Labute approximate surface area is 113 Å². The van der Waals surface area contributed by atoms with Crippen LogP contribution in [0.15, 0.2) is 18.2 Å². The molecule has 0 saturated carbocycles. The van der Waals surface area contributed by atoms with E-state index in [0.29, 0.717) is 18.7 Å². The van der Waals surface area contributed by atoms with Crippen LogP contribution >= 0.6 is 23.2 Å². The number of carbonyl (C=O) groups excluding carboxylic acids is 1. The molecule has 1 aromatic carbocycles. The number of unbranched alkanes of at least 4 members (excludes halogenated alkanes) is 1. The molecule has 0 aliphatic heterocycles. The van der Waals surface area contributed by atoms with Gasteiger partial charge in [0.1, 0.15) is 0 Å². The molecule has 0 aromatic heterocycles. The van der Waals surface area contributed by atoms with Crippen LogP contribution in [0.1, 0.15) is 35.2 Å². The van der Waals surface area contributed by atoms with E-state index in [1.54, 1.807) is 0 Å². The standard InChI is InChI=1S/C12H11Cl2F3O/c13-6-2-1-3-11(18)8-4-5-9(10(14)7-8)12(15,16)17/h4-5,7H,1-3,6H2. The van der Waals surface area contributed by atoms with Gasteiger partial charge in [0.2, 0.25) is 0 Å². The van der Waals surface area contributed by atoms with E-state index < -0.39 is 16.8 Å². The molecule has 0 radical (unpaired) electrons. The molecule has 0 aliphatic carbocycles. The van der Waals surface area contributed by atoms with Gasteiger partial charge in [-0.25, -0.2) is 0 Å². The van der Waals surface area contributed by atoms with Crippen molar-refractivity contribution in [2.75, 3.05) is 5.88 Å². The van der Waals surface area contributed by atoms with Crippen LogP contribution in [0.3, 0.4) is 0 Å². The van der Waals surface area contributed by atoms with Gasteiger partial charge < -0.3 is 0 Å². The third kappa shape index (κ3) is 4.18. The van der Waals surface area contributed by atoms with Crippen molar-refractivity contribution in [2.45, 2.75) is 25.4 Å². The van der Waals surface area contributed by atoms with E-state index in [2.05, 4.69) is 0 Å². The van der Waals surface area contributed by atoms with Crippen LogP contribution in [0.4, 0.5) is 13.2 Å². The first-order valence-corrected chi connectivity index (χ1v) is 6.23. The van der Waals surface area contributed by atoms with Crippen molar-refractivity contribution in [3.05, 3.63) is 34.3 Å². The summed E-state index contributed by atoms with van der Waals surface area (Å²) in [7, 11) is 0. The summed E-state index contributed by atoms with van der Waals surface area (Å²) in [6.45, 7) is 0. The van der Waals surface area contributed by atoms with Crippen molar-refractivity contribution in [1.82, 2.24) is 0 Å². The van der Waals surface area contributed by atoms with Gasteiger partial charge in [0, 0.05) is 17.9 Å². The smallest absolute Gasteiger partial charge is 0.294 e. The fraction of sp³-hybridized carbons (Fsp3) is 0.417. The van der Waals surface area contributed by atoms with Crippen molar-refractivity contribution < 1.29 is 18.0 Å². The Bertz CT molecular complexity index is 430. The summed E-state index contributed by atoms with van der Waals surface area (Å²) in [5.74, 6) is 0.233. The lowest BCUT2D eigenvalue weighted by Gasteiger charge is -2.09. The predicted molar refractivity (Wildman–Crippen MR) is 65.4 cm³/mol. The molecule has 1 nitrogen and oxygen atoms in total. The zero-order chi connectivity index (χ0) is 13.8. The first-order chi connectivity index (χ1) is 8.36. The Hall–Kier alpha value is -0.740. The van der Waals surface area contributed by atoms with Crippen molar-refractivity contribution in [3.8, 4) is 0 Å². The summed E-state index contributed by atoms with van der Waals surface area (Å²) in [5, 5.41) is -0.453. The number of hydrogen-bond acceptors (Lipinski definition) is 1. The molecule has 0 aliphatic rings. The van der Waals surface area contributed by atoms with E-state index in [4.69, 9.17) is 23.2 Å². The molecule has 0 spiro atoms. The number of hydrogen-bond donors (Lipinski definition) is 0. The van der Waals surface area contributed by atoms with E-state index in [9.17, 15) is 18.0 Å². The van der Waals surface area contributed by atoms with Crippen molar-refractivity contribution in [1.29, 1.82) is 0 Å². The van der Waals surface area contributed by atoms with Gasteiger partial charge in [0.05, 0.1) is 10.6 Å². The Balaban J connectivity index is 2.81. The maximum atomic E-state index is 12.4. The summed E-state index contributed by atoms with van der Waals surface area (Å²) < 4.78 is 37.3. The quantitative estimate of drug-likeness (QED) is 0.427. The maximum Gasteiger partial charge on any atom is 0.417 e. The molecule has 0 bridgehead atoms. The van der Waals surface area contributed by atoms with Crippen molar-refractivity contribution in [2.24, 2.45) is 0 Å². The zero-order valence-electron chi connectivity index (χ0n) is 9.36. The van der Waals surface area contributed by atoms with Crippen LogP contribution in [-0.2, 0) is 6.18 Å². The van der Waals surface area contributed by atoms with E-state index in [1.165, 1.54) is 0 Å². The van der Waals surface area contributed by atoms with Crippen LogP contribution in [0, 0.1) is 0 Å². The molecule has 0 N–H and O–H groups in total. The van der Waals surface area contributed by atoms with Crippen LogP contribution in [-0.4, -0.2) is 11.7 Å². The Kier molecular flexibility index (Phi) is 5.47. The first kappa shape index (κ1) is 15.3. The molecule has 18 heavy (non-hydrogen) atoms. The third-order valence-corrected chi connectivity index (χ3v) is 2.96. The largest absolute Gasteiger partial charge is 0.417 e. The molecule has 6 heteroatoms. The number of ketones is 1. The van der Waals surface area contributed by atoms with Crippen LogP contribution in [0.25, 0.3) is 0 Å². The molecule has 0 amide bonds.